The summed E-state index contributed by atoms with van der Waals surface area (Å²) < 4.78 is 5.13. The second kappa shape index (κ2) is 7.44. The molecular weight excluding hydrogens is 316 g/mol. The predicted molar refractivity (Wildman–Crippen MR) is 96.7 cm³/mol. The lowest BCUT2D eigenvalue weighted by Crippen LogP contribution is -2.19. The van der Waals surface area contributed by atoms with Crippen molar-refractivity contribution >= 4 is 11.6 Å². The van der Waals surface area contributed by atoms with Crippen molar-refractivity contribution in [2.24, 2.45) is 5.10 Å². The highest BCUT2D eigenvalue weighted by Crippen LogP contribution is 2.21. The van der Waals surface area contributed by atoms with Gasteiger partial charge in [-0.2, -0.15) is 10.2 Å². The number of benzene rings is 2. The number of carbonyl (C=O) groups is 1. The summed E-state index contributed by atoms with van der Waals surface area (Å²) in [5, 5.41) is 11.0. The van der Waals surface area contributed by atoms with Crippen LogP contribution in [0.3, 0.4) is 0 Å². The largest absolute Gasteiger partial charge is 0.497 e. The molecule has 3 rings (SSSR count). The van der Waals surface area contributed by atoms with Gasteiger partial charge in [0.15, 0.2) is 0 Å². The molecule has 0 spiro atoms. The van der Waals surface area contributed by atoms with Crippen molar-refractivity contribution in [1.82, 2.24) is 15.6 Å². The molecule has 0 saturated heterocycles. The average Bonchev–Trinajstić information content (AvgIpc) is 3.17. The zero-order chi connectivity index (χ0) is 17.6. The van der Waals surface area contributed by atoms with E-state index in [1.807, 2.05) is 61.5 Å². The van der Waals surface area contributed by atoms with Gasteiger partial charge in [0, 0.05) is 5.56 Å². The number of hydrazone groups is 1. The van der Waals surface area contributed by atoms with Crippen molar-refractivity contribution in [2.45, 2.75) is 6.92 Å². The maximum absolute atomic E-state index is 12.2. The number of hydrogen-bond donors (Lipinski definition) is 2. The Morgan fingerprint density at radius 1 is 1.12 bits per heavy atom. The topological polar surface area (TPSA) is 79.4 Å². The number of H-pyrrole nitrogens is 1. The van der Waals surface area contributed by atoms with Crippen LogP contribution in [0.25, 0.3) is 11.3 Å². The summed E-state index contributed by atoms with van der Waals surface area (Å²) in [7, 11) is 1.62. The number of aromatic nitrogens is 2. The number of rotatable bonds is 5. The molecule has 0 atom stereocenters. The number of ether oxygens (including phenoxy) is 1. The summed E-state index contributed by atoms with van der Waals surface area (Å²) in [5.41, 5.74) is 6.12. The molecule has 6 heteroatoms. The summed E-state index contributed by atoms with van der Waals surface area (Å²) in [6.07, 6.45) is 0. The number of amides is 1. The van der Waals surface area contributed by atoms with Crippen LogP contribution in [-0.4, -0.2) is 28.9 Å². The highest BCUT2D eigenvalue weighted by molar-refractivity contribution is 6.00. The van der Waals surface area contributed by atoms with Crippen molar-refractivity contribution in [2.75, 3.05) is 7.11 Å². The van der Waals surface area contributed by atoms with Gasteiger partial charge < -0.3 is 4.74 Å². The SMILES string of the molecule is COc1ccc(-c2cc(C(=O)N/N=C(\C)c3ccccc3)[nH]n2)cc1. The first-order valence-corrected chi connectivity index (χ1v) is 7.77. The third-order valence-electron chi connectivity index (χ3n) is 3.72. The van der Waals surface area contributed by atoms with Crippen LogP contribution in [0, 0.1) is 0 Å². The maximum Gasteiger partial charge on any atom is 0.289 e. The summed E-state index contributed by atoms with van der Waals surface area (Å²) >= 11 is 0. The predicted octanol–water partition coefficient (Wildman–Crippen LogP) is 3.24. The molecule has 0 aliphatic rings. The van der Waals surface area contributed by atoms with Crippen LogP contribution in [0.5, 0.6) is 5.75 Å². The molecule has 1 heterocycles. The number of carbonyl (C=O) groups excluding carboxylic acids is 1. The van der Waals surface area contributed by atoms with Crippen LogP contribution in [0.15, 0.2) is 65.8 Å². The molecule has 1 amide bonds. The van der Waals surface area contributed by atoms with Gasteiger partial charge in [-0.05, 0) is 42.8 Å². The minimum absolute atomic E-state index is 0.343. The molecule has 1 aromatic heterocycles. The van der Waals surface area contributed by atoms with Gasteiger partial charge in [-0.1, -0.05) is 30.3 Å². The first-order chi connectivity index (χ1) is 12.2. The molecule has 0 radical (unpaired) electrons. The molecule has 126 valence electrons. The Hall–Kier alpha value is -3.41. The van der Waals surface area contributed by atoms with Gasteiger partial charge in [0.1, 0.15) is 11.4 Å². The smallest absolute Gasteiger partial charge is 0.289 e. The quantitative estimate of drug-likeness (QED) is 0.555. The van der Waals surface area contributed by atoms with E-state index in [-0.39, 0.29) is 5.91 Å². The Morgan fingerprint density at radius 3 is 2.52 bits per heavy atom. The highest BCUT2D eigenvalue weighted by atomic mass is 16.5. The third-order valence-corrected chi connectivity index (χ3v) is 3.72. The van der Waals surface area contributed by atoms with Crippen LogP contribution in [0.4, 0.5) is 0 Å². The summed E-state index contributed by atoms with van der Waals surface area (Å²) in [6, 6.07) is 18.8. The van der Waals surface area contributed by atoms with E-state index in [9.17, 15) is 4.79 Å². The Labute approximate surface area is 145 Å². The van der Waals surface area contributed by atoms with Crippen LogP contribution < -0.4 is 10.2 Å². The Balaban J connectivity index is 1.70. The van der Waals surface area contributed by atoms with Crippen LogP contribution in [0.2, 0.25) is 0 Å². The van der Waals surface area contributed by atoms with Gasteiger partial charge in [-0.25, -0.2) is 5.43 Å². The Kier molecular flexibility index (Phi) is 4.89. The molecule has 6 nitrogen and oxygen atoms in total. The number of nitrogens with one attached hydrogen (secondary N) is 2. The third kappa shape index (κ3) is 3.92. The molecule has 0 unspecified atom stereocenters. The number of aromatic amines is 1. The Morgan fingerprint density at radius 2 is 1.84 bits per heavy atom. The van der Waals surface area contributed by atoms with E-state index in [1.54, 1.807) is 13.2 Å². The van der Waals surface area contributed by atoms with E-state index in [4.69, 9.17) is 4.74 Å². The minimum atomic E-state index is -0.345. The second-order valence-corrected chi connectivity index (χ2v) is 5.40. The standard InChI is InChI=1S/C19H18N4O2/c1-13(14-6-4-3-5-7-14)20-23-19(24)18-12-17(21-22-18)15-8-10-16(25-2)11-9-15/h3-12H,1-2H3,(H,21,22)(H,23,24)/b20-13+. The molecule has 0 aliphatic carbocycles. The normalized spacial score (nSPS) is 11.2. The van der Waals surface area contributed by atoms with Crippen molar-refractivity contribution in [1.29, 1.82) is 0 Å². The fourth-order valence-electron chi connectivity index (χ4n) is 2.29. The van der Waals surface area contributed by atoms with Crippen molar-refractivity contribution in [3.63, 3.8) is 0 Å². The van der Waals surface area contributed by atoms with Gasteiger partial charge in [0.2, 0.25) is 0 Å². The zero-order valence-electron chi connectivity index (χ0n) is 14.0. The lowest BCUT2D eigenvalue weighted by molar-refractivity contribution is 0.0950. The van der Waals surface area contributed by atoms with Crippen LogP contribution in [0.1, 0.15) is 23.0 Å². The fourth-order valence-corrected chi connectivity index (χ4v) is 2.29. The van der Waals surface area contributed by atoms with Gasteiger partial charge in [-0.15, -0.1) is 0 Å². The lowest BCUT2D eigenvalue weighted by Gasteiger charge is -2.01. The van der Waals surface area contributed by atoms with E-state index in [2.05, 4.69) is 20.7 Å². The van der Waals surface area contributed by atoms with E-state index in [0.717, 1.165) is 22.6 Å². The van der Waals surface area contributed by atoms with Crippen LogP contribution >= 0.6 is 0 Å². The molecule has 0 aliphatic heterocycles. The number of nitrogens with zero attached hydrogens (tertiary/aromatic N) is 2. The molecule has 3 aromatic rings. The molecule has 2 aromatic carbocycles. The van der Waals surface area contributed by atoms with Gasteiger partial charge in [-0.3, -0.25) is 9.89 Å². The Bertz CT molecular complexity index is 883. The van der Waals surface area contributed by atoms with Gasteiger partial charge >= 0.3 is 0 Å². The van der Waals surface area contributed by atoms with Crippen molar-refractivity contribution in [3.05, 3.63) is 71.9 Å². The maximum atomic E-state index is 12.2. The minimum Gasteiger partial charge on any atom is -0.497 e. The molecular formula is C19H18N4O2. The molecule has 0 fully saturated rings. The van der Waals surface area contributed by atoms with Crippen LogP contribution in [-0.2, 0) is 0 Å². The fraction of sp³-hybridized carbons (Fsp3) is 0.105. The molecule has 25 heavy (non-hydrogen) atoms. The molecule has 0 saturated carbocycles. The zero-order valence-corrected chi connectivity index (χ0v) is 14.0. The molecule has 2 N–H and O–H groups in total. The lowest BCUT2D eigenvalue weighted by atomic mass is 10.1. The summed E-state index contributed by atoms with van der Waals surface area (Å²) in [4.78, 5) is 12.2. The van der Waals surface area contributed by atoms with E-state index >= 15 is 0 Å². The van der Waals surface area contributed by atoms with Crippen molar-refractivity contribution < 1.29 is 9.53 Å². The highest BCUT2D eigenvalue weighted by Gasteiger charge is 2.11. The number of methoxy groups -OCH3 is 1. The average molecular weight is 334 g/mol. The van der Waals surface area contributed by atoms with Gasteiger partial charge in [0.05, 0.1) is 18.5 Å². The summed E-state index contributed by atoms with van der Waals surface area (Å²) in [6.45, 7) is 1.84. The number of hydrogen-bond acceptors (Lipinski definition) is 4. The van der Waals surface area contributed by atoms with Gasteiger partial charge in [0.25, 0.3) is 5.91 Å². The summed E-state index contributed by atoms with van der Waals surface area (Å²) in [5.74, 6) is 0.422. The van der Waals surface area contributed by atoms with E-state index in [1.165, 1.54) is 0 Å². The molecule has 0 bridgehead atoms. The van der Waals surface area contributed by atoms with E-state index in [0.29, 0.717) is 11.4 Å². The monoisotopic (exact) mass is 334 g/mol. The van der Waals surface area contributed by atoms with E-state index < -0.39 is 0 Å². The first-order valence-electron chi connectivity index (χ1n) is 7.77. The van der Waals surface area contributed by atoms with Crippen molar-refractivity contribution in [3.8, 4) is 17.0 Å². The second-order valence-electron chi connectivity index (χ2n) is 5.40. The first kappa shape index (κ1) is 16.4.